The molecule has 2 N–H and O–H groups in total. The van der Waals surface area contributed by atoms with E-state index in [-0.39, 0.29) is 6.04 Å². The summed E-state index contributed by atoms with van der Waals surface area (Å²) >= 11 is 3.63. The minimum atomic E-state index is 0.224. The highest BCUT2D eigenvalue weighted by molar-refractivity contribution is 9.10. The number of benzene rings is 1. The number of pyridine rings is 1. The lowest BCUT2D eigenvalue weighted by Crippen LogP contribution is -2.33. The van der Waals surface area contributed by atoms with Crippen LogP contribution in [0, 0.1) is 0 Å². The molecular weight excluding hydrogens is 314 g/mol. The van der Waals surface area contributed by atoms with Crippen molar-refractivity contribution >= 4 is 26.8 Å². The van der Waals surface area contributed by atoms with Gasteiger partial charge in [-0.1, -0.05) is 28.1 Å². The predicted octanol–water partition coefficient (Wildman–Crippen LogP) is 3.23. The topological polar surface area (TPSA) is 42.1 Å². The second kappa shape index (κ2) is 4.79. The lowest BCUT2D eigenvalue weighted by atomic mass is 9.97. The number of likely N-dealkylation sites (tertiary alicyclic amines) is 1. The maximum absolute atomic E-state index is 6.41. The number of halogens is 1. The third-order valence-electron chi connectivity index (χ3n) is 4.57. The van der Waals surface area contributed by atoms with Crippen molar-refractivity contribution in [1.29, 1.82) is 0 Å². The highest BCUT2D eigenvalue weighted by Gasteiger charge is 2.42. The van der Waals surface area contributed by atoms with E-state index in [9.17, 15) is 0 Å². The quantitative estimate of drug-likeness (QED) is 0.918. The Bertz CT molecular complexity index is 653. The fraction of sp³-hybridized carbons (Fsp3) is 0.438. The van der Waals surface area contributed by atoms with Crippen molar-refractivity contribution in [3.63, 3.8) is 0 Å². The van der Waals surface area contributed by atoms with Gasteiger partial charge in [0.2, 0.25) is 0 Å². The highest BCUT2D eigenvalue weighted by atomic mass is 79.9. The van der Waals surface area contributed by atoms with Gasteiger partial charge in [-0.15, -0.1) is 0 Å². The lowest BCUT2D eigenvalue weighted by molar-refractivity contribution is 0.238. The molecule has 2 atom stereocenters. The maximum Gasteiger partial charge on any atom is 0.0761 e. The molecular formula is C16H18BrN3. The van der Waals surface area contributed by atoms with E-state index in [0.29, 0.717) is 6.04 Å². The minimum absolute atomic E-state index is 0.224. The number of hydrogen-bond donors (Lipinski definition) is 1. The molecule has 2 unspecified atom stereocenters. The van der Waals surface area contributed by atoms with Crippen molar-refractivity contribution in [1.82, 2.24) is 9.88 Å². The summed E-state index contributed by atoms with van der Waals surface area (Å²) in [6, 6.07) is 9.74. The molecule has 2 fully saturated rings. The normalized spacial score (nSPS) is 27.3. The van der Waals surface area contributed by atoms with Gasteiger partial charge in [0.15, 0.2) is 0 Å². The van der Waals surface area contributed by atoms with E-state index in [1.807, 2.05) is 12.3 Å². The minimum Gasteiger partial charge on any atom is -0.326 e. The molecule has 2 aromatic rings. The second-order valence-electron chi connectivity index (χ2n) is 5.90. The fourth-order valence-corrected chi connectivity index (χ4v) is 3.92. The summed E-state index contributed by atoms with van der Waals surface area (Å²) in [4.78, 5) is 7.22. The Kier molecular flexibility index (Phi) is 3.05. The first-order valence-corrected chi connectivity index (χ1v) is 8.09. The van der Waals surface area contributed by atoms with Crippen molar-refractivity contribution < 1.29 is 0 Å². The Morgan fingerprint density at radius 1 is 1.20 bits per heavy atom. The van der Waals surface area contributed by atoms with Gasteiger partial charge >= 0.3 is 0 Å². The van der Waals surface area contributed by atoms with Crippen molar-refractivity contribution in [2.75, 3.05) is 6.54 Å². The average Bonchev–Trinajstić information content (AvgIpc) is 3.24. The van der Waals surface area contributed by atoms with Crippen LogP contribution in [0.25, 0.3) is 10.9 Å². The summed E-state index contributed by atoms with van der Waals surface area (Å²) in [6.07, 6.45) is 5.61. The van der Waals surface area contributed by atoms with Crippen LogP contribution in [0.5, 0.6) is 0 Å². The Morgan fingerprint density at radius 2 is 2.05 bits per heavy atom. The molecule has 1 aliphatic carbocycles. The summed E-state index contributed by atoms with van der Waals surface area (Å²) < 4.78 is 1.11. The van der Waals surface area contributed by atoms with Gasteiger partial charge in [0.25, 0.3) is 0 Å². The van der Waals surface area contributed by atoms with E-state index in [1.54, 1.807) is 0 Å². The summed E-state index contributed by atoms with van der Waals surface area (Å²) in [5.41, 5.74) is 8.80. The Hall–Kier alpha value is -0.970. The molecule has 0 radical (unpaired) electrons. The molecule has 1 saturated heterocycles. The molecule has 20 heavy (non-hydrogen) atoms. The first kappa shape index (κ1) is 12.7. The van der Waals surface area contributed by atoms with E-state index in [0.717, 1.165) is 29.0 Å². The summed E-state index contributed by atoms with van der Waals surface area (Å²) in [7, 11) is 0. The third-order valence-corrected chi connectivity index (χ3v) is 5.26. The maximum atomic E-state index is 6.41. The molecule has 4 rings (SSSR count). The van der Waals surface area contributed by atoms with Gasteiger partial charge in [0, 0.05) is 34.7 Å². The molecule has 4 heteroatoms. The zero-order valence-electron chi connectivity index (χ0n) is 11.3. The first-order valence-electron chi connectivity index (χ1n) is 7.30. The molecule has 1 aromatic heterocycles. The van der Waals surface area contributed by atoms with Crippen LogP contribution in [0.3, 0.4) is 0 Å². The number of hydrogen-bond acceptors (Lipinski definition) is 3. The van der Waals surface area contributed by atoms with Crippen LogP contribution in [0.4, 0.5) is 0 Å². The number of rotatable bonds is 2. The van der Waals surface area contributed by atoms with Crippen molar-refractivity contribution in [3.8, 4) is 0 Å². The largest absolute Gasteiger partial charge is 0.326 e. The van der Waals surface area contributed by atoms with Gasteiger partial charge in [0.05, 0.1) is 11.6 Å². The molecule has 104 valence electrons. The SMILES string of the molecule is NC1CCN(C2CC2)C1c1ccc(Br)c2cccnc12. The average molecular weight is 332 g/mol. The van der Waals surface area contributed by atoms with Crippen molar-refractivity contribution in [2.24, 2.45) is 5.73 Å². The molecule has 0 bridgehead atoms. The van der Waals surface area contributed by atoms with Gasteiger partial charge < -0.3 is 5.73 Å². The van der Waals surface area contributed by atoms with Crippen LogP contribution in [-0.4, -0.2) is 28.5 Å². The summed E-state index contributed by atoms with van der Waals surface area (Å²) in [6.45, 7) is 1.13. The first-order chi connectivity index (χ1) is 9.75. The zero-order chi connectivity index (χ0) is 13.7. The van der Waals surface area contributed by atoms with Crippen LogP contribution >= 0.6 is 15.9 Å². The van der Waals surface area contributed by atoms with Crippen molar-refractivity contribution in [3.05, 3.63) is 40.5 Å². The van der Waals surface area contributed by atoms with E-state index in [1.165, 1.54) is 23.8 Å². The Balaban J connectivity index is 1.86. The van der Waals surface area contributed by atoms with Gasteiger partial charge in [-0.3, -0.25) is 9.88 Å². The number of aromatic nitrogens is 1. The van der Waals surface area contributed by atoms with Gasteiger partial charge in [-0.2, -0.15) is 0 Å². The predicted molar refractivity (Wildman–Crippen MR) is 84.5 cm³/mol. The molecule has 2 heterocycles. The van der Waals surface area contributed by atoms with Crippen LogP contribution in [0.15, 0.2) is 34.9 Å². The monoisotopic (exact) mass is 331 g/mol. The molecule has 0 spiro atoms. The van der Waals surface area contributed by atoms with E-state index >= 15 is 0 Å². The Labute approximate surface area is 127 Å². The zero-order valence-corrected chi connectivity index (χ0v) is 12.9. The smallest absolute Gasteiger partial charge is 0.0761 e. The number of nitrogens with zero attached hydrogens (tertiary/aromatic N) is 2. The molecule has 2 aliphatic rings. The standard InChI is InChI=1S/C16H18BrN3/c17-13-6-5-12(15-11(13)2-1-8-19-15)16-14(18)7-9-20(16)10-3-4-10/h1-2,5-6,8,10,14,16H,3-4,7,9,18H2. The van der Waals surface area contributed by atoms with Gasteiger partial charge in [-0.05, 0) is 37.0 Å². The summed E-state index contributed by atoms with van der Waals surface area (Å²) in [5, 5.41) is 1.18. The van der Waals surface area contributed by atoms with E-state index in [4.69, 9.17) is 5.73 Å². The lowest BCUT2D eigenvalue weighted by Gasteiger charge is -2.28. The van der Waals surface area contributed by atoms with E-state index in [2.05, 4.69) is 44.0 Å². The van der Waals surface area contributed by atoms with Gasteiger partial charge in [0.1, 0.15) is 0 Å². The number of fused-ring (bicyclic) bond motifs is 1. The fourth-order valence-electron chi connectivity index (χ4n) is 3.46. The van der Waals surface area contributed by atoms with Crippen molar-refractivity contribution in [2.45, 2.75) is 37.4 Å². The molecule has 1 saturated carbocycles. The van der Waals surface area contributed by atoms with Gasteiger partial charge in [-0.25, -0.2) is 0 Å². The molecule has 1 aromatic carbocycles. The molecule has 3 nitrogen and oxygen atoms in total. The second-order valence-corrected chi connectivity index (χ2v) is 6.76. The molecule has 0 amide bonds. The van der Waals surface area contributed by atoms with Crippen LogP contribution in [-0.2, 0) is 0 Å². The number of nitrogens with two attached hydrogens (primary N) is 1. The summed E-state index contributed by atoms with van der Waals surface area (Å²) in [5.74, 6) is 0. The van der Waals surface area contributed by atoms with Crippen LogP contribution in [0.2, 0.25) is 0 Å². The Morgan fingerprint density at radius 3 is 2.85 bits per heavy atom. The van der Waals surface area contributed by atoms with Crippen LogP contribution in [0.1, 0.15) is 30.9 Å². The highest BCUT2D eigenvalue weighted by Crippen LogP contribution is 2.42. The van der Waals surface area contributed by atoms with Crippen LogP contribution < -0.4 is 5.73 Å². The van der Waals surface area contributed by atoms with E-state index < -0.39 is 0 Å². The third kappa shape index (κ3) is 1.98. The molecule has 1 aliphatic heterocycles.